The largest absolute Gasteiger partial charge is 0.478 e. The van der Waals surface area contributed by atoms with Crippen LogP contribution in [0.4, 0.5) is 0 Å². The first-order chi connectivity index (χ1) is 8.65. The molecule has 0 aliphatic rings. The van der Waals surface area contributed by atoms with Crippen LogP contribution in [-0.2, 0) is 20.9 Å². The van der Waals surface area contributed by atoms with Crippen molar-refractivity contribution in [2.75, 3.05) is 0 Å². The number of nitrogens with zero attached hydrogens (tertiary/aromatic N) is 4. The Morgan fingerprint density at radius 3 is 2.42 bits per heavy atom. The molecule has 1 heterocycles. The summed E-state index contributed by atoms with van der Waals surface area (Å²) in [4.78, 5) is 23.8. The van der Waals surface area contributed by atoms with Crippen LogP contribution in [-0.4, -0.2) is 48.5 Å². The Labute approximate surface area is 109 Å². The number of aliphatic carboxylic acids is 1. The lowest BCUT2D eigenvalue weighted by atomic mass is 10.1. The number of carboxylic acid groups (broad SMARTS) is 1. The van der Waals surface area contributed by atoms with Crippen LogP contribution in [0.5, 0.6) is 0 Å². The minimum absolute atomic E-state index is 0.292. The lowest BCUT2D eigenvalue weighted by Gasteiger charge is -2.35. The van der Waals surface area contributed by atoms with E-state index in [-0.39, 0.29) is 6.54 Å². The van der Waals surface area contributed by atoms with Crippen LogP contribution in [0.1, 0.15) is 27.7 Å². The Kier molecular flexibility index (Phi) is 4.20. The maximum Gasteiger partial charge on any atom is 0.359 e. The van der Waals surface area contributed by atoms with Crippen LogP contribution in [0.25, 0.3) is 0 Å². The van der Waals surface area contributed by atoms with E-state index < -0.39 is 23.2 Å². The quantitative estimate of drug-likeness (QED) is 0.686. The SMILES string of the molecule is CC(=O)NC(Cn1ncnn1)(OC(C)(C)C)C(=O)O. The monoisotopic (exact) mass is 271 g/mol. The van der Waals surface area contributed by atoms with Crippen molar-refractivity contribution in [3.05, 3.63) is 6.33 Å². The number of aromatic nitrogens is 4. The zero-order chi connectivity index (χ0) is 14.7. The van der Waals surface area contributed by atoms with Gasteiger partial charge in [0, 0.05) is 6.92 Å². The van der Waals surface area contributed by atoms with Crippen molar-refractivity contribution in [3.8, 4) is 0 Å². The Hall–Kier alpha value is -2.03. The summed E-state index contributed by atoms with van der Waals surface area (Å²) in [5.41, 5.74) is -2.74. The third-order valence-electron chi connectivity index (χ3n) is 1.96. The second kappa shape index (κ2) is 5.31. The summed E-state index contributed by atoms with van der Waals surface area (Å²) >= 11 is 0. The summed E-state index contributed by atoms with van der Waals surface area (Å²) in [7, 11) is 0. The number of nitrogens with one attached hydrogen (secondary N) is 1. The summed E-state index contributed by atoms with van der Waals surface area (Å²) in [5, 5.41) is 22.5. The standard InChI is InChI=1S/C10H17N5O4/c1-7(16)13-10(8(17)18,19-9(2,3)4)5-15-12-6-11-14-15/h6H,5H2,1-4H3,(H,13,16)(H,17,18). The van der Waals surface area contributed by atoms with Crippen molar-refractivity contribution < 1.29 is 19.4 Å². The highest BCUT2D eigenvalue weighted by Gasteiger charge is 2.45. The Bertz CT molecular complexity index is 453. The van der Waals surface area contributed by atoms with E-state index in [9.17, 15) is 14.7 Å². The van der Waals surface area contributed by atoms with E-state index in [0.29, 0.717) is 0 Å². The number of tetrazole rings is 1. The highest BCUT2D eigenvalue weighted by molar-refractivity contribution is 5.84. The fourth-order valence-electron chi connectivity index (χ4n) is 1.53. The van der Waals surface area contributed by atoms with Crippen molar-refractivity contribution >= 4 is 11.9 Å². The van der Waals surface area contributed by atoms with Gasteiger partial charge in [-0.15, -0.1) is 10.2 Å². The molecule has 1 aromatic heterocycles. The maximum absolute atomic E-state index is 11.5. The van der Waals surface area contributed by atoms with Gasteiger partial charge in [-0.25, -0.2) is 4.79 Å². The van der Waals surface area contributed by atoms with Gasteiger partial charge in [0.25, 0.3) is 5.72 Å². The number of amides is 1. The number of carbonyl (C=O) groups excluding carboxylic acids is 1. The zero-order valence-electron chi connectivity index (χ0n) is 11.2. The molecule has 0 bridgehead atoms. The fraction of sp³-hybridized carbons (Fsp3) is 0.700. The first-order valence-electron chi connectivity index (χ1n) is 5.58. The van der Waals surface area contributed by atoms with Crippen molar-refractivity contribution in [2.24, 2.45) is 0 Å². The number of carboxylic acids is 1. The Morgan fingerprint density at radius 1 is 1.42 bits per heavy atom. The van der Waals surface area contributed by atoms with Crippen LogP contribution in [0.2, 0.25) is 0 Å². The third kappa shape index (κ3) is 4.28. The molecule has 0 saturated carbocycles. The smallest absolute Gasteiger partial charge is 0.359 e. The first kappa shape index (κ1) is 15.0. The molecule has 0 aliphatic heterocycles. The predicted octanol–water partition coefficient (Wildman–Crippen LogP) is -0.595. The van der Waals surface area contributed by atoms with Gasteiger partial charge in [-0.3, -0.25) is 4.79 Å². The first-order valence-corrected chi connectivity index (χ1v) is 5.58. The lowest BCUT2D eigenvalue weighted by molar-refractivity contribution is -0.199. The van der Waals surface area contributed by atoms with E-state index in [1.807, 2.05) is 0 Å². The summed E-state index contributed by atoms with van der Waals surface area (Å²) in [6, 6.07) is 0. The van der Waals surface area contributed by atoms with Crippen LogP contribution >= 0.6 is 0 Å². The molecule has 1 atom stereocenters. The molecule has 2 N–H and O–H groups in total. The molecule has 0 spiro atoms. The van der Waals surface area contributed by atoms with E-state index in [0.717, 1.165) is 11.1 Å². The van der Waals surface area contributed by atoms with Crippen molar-refractivity contribution in [3.63, 3.8) is 0 Å². The second-order valence-corrected chi connectivity index (χ2v) is 4.99. The number of hydrogen-bond acceptors (Lipinski definition) is 6. The van der Waals surface area contributed by atoms with Crippen LogP contribution < -0.4 is 5.32 Å². The average molecular weight is 271 g/mol. The molecule has 0 saturated heterocycles. The minimum Gasteiger partial charge on any atom is -0.478 e. The summed E-state index contributed by atoms with van der Waals surface area (Å²) in [6.45, 7) is 5.96. The summed E-state index contributed by atoms with van der Waals surface area (Å²) in [5.74, 6) is -1.87. The molecule has 19 heavy (non-hydrogen) atoms. The minimum atomic E-state index is -1.95. The molecule has 106 valence electrons. The molecule has 0 aromatic carbocycles. The van der Waals surface area contributed by atoms with Gasteiger partial charge in [-0.05, 0) is 26.0 Å². The van der Waals surface area contributed by atoms with Gasteiger partial charge in [0.15, 0.2) is 6.33 Å². The van der Waals surface area contributed by atoms with Crippen molar-refractivity contribution in [2.45, 2.75) is 45.6 Å². The van der Waals surface area contributed by atoms with Gasteiger partial charge in [-0.1, -0.05) is 0 Å². The topological polar surface area (TPSA) is 119 Å². The molecular formula is C10H17N5O4. The van der Waals surface area contributed by atoms with Gasteiger partial charge in [0.05, 0.1) is 5.60 Å². The second-order valence-electron chi connectivity index (χ2n) is 4.99. The van der Waals surface area contributed by atoms with Gasteiger partial charge in [0.1, 0.15) is 6.54 Å². The Morgan fingerprint density at radius 2 is 2.05 bits per heavy atom. The summed E-state index contributed by atoms with van der Waals surface area (Å²) < 4.78 is 5.51. The van der Waals surface area contributed by atoms with E-state index in [4.69, 9.17) is 4.74 Å². The summed E-state index contributed by atoms with van der Waals surface area (Å²) in [6.07, 6.45) is 1.16. The van der Waals surface area contributed by atoms with Crippen molar-refractivity contribution in [1.82, 2.24) is 25.5 Å². The van der Waals surface area contributed by atoms with Crippen LogP contribution in [0.3, 0.4) is 0 Å². The average Bonchev–Trinajstić information content (AvgIpc) is 2.65. The predicted molar refractivity (Wildman–Crippen MR) is 62.8 cm³/mol. The van der Waals surface area contributed by atoms with Crippen LogP contribution in [0.15, 0.2) is 6.33 Å². The molecular weight excluding hydrogens is 254 g/mol. The highest BCUT2D eigenvalue weighted by atomic mass is 16.6. The van der Waals surface area contributed by atoms with E-state index in [1.54, 1.807) is 20.8 Å². The van der Waals surface area contributed by atoms with E-state index in [1.165, 1.54) is 6.92 Å². The van der Waals surface area contributed by atoms with Gasteiger partial charge >= 0.3 is 5.97 Å². The molecule has 9 heteroatoms. The van der Waals surface area contributed by atoms with Crippen molar-refractivity contribution in [1.29, 1.82) is 0 Å². The number of carbonyl (C=O) groups is 2. The molecule has 1 unspecified atom stereocenters. The third-order valence-corrected chi connectivity index (χ3v) is 1.96. The van der Waals surface area contributed by atoms with Gasteiger partial charge in [-0.2, -0.15) is 4.80 Å². The molecule has 1 amide bonds. The maximum atomic E-state index is 11.5. The molecule has 9 nitrogen and oxygen atoms in total. The van der Waals surface area contributed by atoms with E-state index >= 15 is 0 Å². The van der Waals surface area contributed by atoms with Gasteiger partial charge in [0.2, 0.25) is 5.91 Å². The molecule has 1 aromatic rings. The Balaban J connectivity index is 3.10. The number of rotatable bonds is 5. The number of ether oxygens (including phenoxy) is 1. The molecule has 1 rings (SSSR count). The van der Waals surface area contributed by atoms with Gasteiger partial charge < -0.3 is 15.2 Å². The van der Waals surface area contributed by atoms with E-state index in [2.05, 4.69) is 20.7 Å². The zero-order valence-corrected chi connectivity index (χ0v) is 11.2. The molecule has 0 radical (unpaired) electrons. The fourth-order valence-corrected chi connectivity index (χ4v) is 1.53. The lowest BCUT2D eigenvalue weighted by Crippen LogP contribution is -2.61. The number of hydrogen-bond donors (Lipinski definition) is 2. The van der Waals surface area contributed by atoms with Crippen LogP contribution in [0, 0.1) is 0 Å². The normalized spacial score (nSPS) is 14.7. The molecule has 0 aliphatic carbocycles. The molecule has 0 fully saturated rings. The highest BCUT2D eigenvalue weighted by Crippen LogP contribution is 2.20.